The Bertz CT molecular complexity index is 707. The lowest BCUT2D eigenvalue weighted by molar-refractivity contribution is -0.0692. The number of hydrogen-bond donors (Lipinski definition) is 0. The summed E-state index contributed by atoms with van der Waals surface area (Å²) in [5, 5.41) is 0. The fourth-order valence-electron chi connectivity index (χ4n) is 2.80. The molecule has 1 heterocycles. The van der Waals surface area contributed by atoms with Crippen molar-refractivity contribution in [2.24, 2.45) is 0 Å². The van der Waals surface area contributed by atoms with Crippen LogP contribution in [0.2, 0.25) is 0 Å². The monoisotopic (exact) mass is 485 g/mol. The Morgan fingerprint density at radius 1 is 1.22 bits per heavy atom. The van der Waals surface area contributed by atoms with Gasteiger partial charge >= 0.3 is 0 Å². The van der Waals surface area contributed by atoms with Gasteiger partial charge in [0, 0.05) is 14.6 Å². The van der Waals surface area contributed by atoms with E-state index in [1.54, 1.807) is 0 Å². The molecule has 0 radical (unpaired) electrons. The minimum absolute atomic E-state index is 0.0164. The molecule has 3 nitrogen and oxygen atoms in total. The third-order valence-corrected chi connectivity index (χ3v) is 5.31. The molecule has 1 aliphatic rings. The number of carbonyl (C=O) groups is 1. The van der Waals surface area contributed by atoms with E-state index in [-0.39, 0.29) is 18.1 Å². The average Bonchev–Trinajstić information content (AvgIpc) is 2.56. The second-order valence-corrected chi connectivity index (χ2v) is 7.76. The van der Waals surface area contributed by atoms with Crippen LogP contribution in [0, 0.1) is 3.57 Å². The number of rotatable bonds is 2. The van der Waals surface area contributed by atoms with E-state index in [1.807, 2.05) is 60.4 Å². The van der Waals surface area contributed by atoms with Crippen LogP contribution in [-0.2, 0) is 4.74 Å². The summed E-state index contributed by atoms with van der Waals surface area (Å²) in [6.07, 6.45) is -0.0589. The van der Waals surface area contributed by atoms with Gasteiger partial charge in [-0.3, -0.25) is 4.79 Å². The van der Waals surface area contributed by atoms with Crippen LogP contribution in [-0.4, -0.2) is 30.0 Å². The maximum Gasteiger partial charge on any atom is 0.255 e. The van der Waals surface area contributed by atoms with Gasteiger partial charge < -0.3 is 9.64 Å². The minimum Gasteiger partial charge on any atom is -0.367 e. The van der Waals surface area contributed by atoms with Crippen LogP contribution < -0.4 is 0 Å². The van der Waals surface area contributed by atoms with E-state index >= 15 is 0 Å². The molecule has 120 valence electrons. The normalized spacial score (nSPS) is 21.3. The molecule has 0 aliphatic carbocycles. The van der Waals surface area contributed by atoms with Crippen molar-refractivity contribution in [3.63, 3.8) is 0 Å². The van der Waals surface area contributed by atoms with Gasteiger partial charge in [-0.1, -0.05) is 46.3 Å². The van der Waals surface area contributed by atoms with E-state index in [0.29, 0.717) is 13.1 Å². The van der Waals surface area contributed by atoms with Crippen molar-refractivity contribution in [2.45, 2.75) is 19.1 Å². The smallest absolute Gasteiger partial charge is 0.255 e. The van der Waals surface area contributed by atoms with Crippen molar-refractivity contribution in [1.82, 2.24) is 4.90 Å². The fourth-order valence-corrected chi connectivity index (χ4v) is 3.73. The number of amides is 1. The quantitative estimate of drug-likeness (QED) is 0.579. The third kappa shape index (κ3) is 3.95. The van der Waals surface area contributed by atoms with Crippen LogP contribution in [0.25, 0.3) is 0 Å². The van der Waals surface area contributed by atoms with Crippen LogP contribution in [0.4, 0.5) is 0 Å². The maximum atomic E-state index is 12.9. The van der Waals surface area contributed by atoms with Crippen LogP contribution in [0.5, 0.6) is 0 Å². The Morgan fingerprint density at radius 3 is 2.70 bits per heavy atom. The van der Waals surface area contributed by atoms with Gasteiger partial charge in [0.05, 0.1) is 18.2 Å². The highest BCUT2D eigenvalue weighted by atomic mass is 127. The van der Waals surface area contributed by atoms with Gasteiger partial charge in [0.15, 0.2) is 0 Å². The summed E-state index contributed by atoms with van der Waals surface area (Å²) in [5.41, 5.74) is 1.85. The molecule has 2 unspecified atom stereocenters. The van der Waals surface area contributed by atoms with Gasteiger partial charge in [-0.2, -0.15) is 0 Å². The van der Waals surface area contributed by atoms with Gasteiger partial charge in [0.2, 0.25) is 0 Å². The van der Waals surface area contributed by atoms with Crippen molar-refractivity contribution < 1.29 is 9.53 Å². The van der Waals surface area contributed by atoms with E-state index in [4.69, 9.17) is 4.74 Å². The van der Waals surface area contributed by atoms with E-state index in [0.717, 1.165) is 19.2 Å². The molecule has 0 aromatic heterocycles. The SMILES string of the molecule is CC1CN(C(=O)c2cc(Br)ccc2I)CC(c2ccccc2)O1. The van der Waals surface area contributed by atoms with Crippen LogP contribution in [0.15, 0.2) is 53.0 Å². The van der Waals surface area contributed by atoms with Crippen LogP contribution >= 0.6 is 38.5 Å². The molecule has 1 amide bonds. The molecule has 1 aliphatic heterocycles. The highest BCUT2D eigenvalue weighted by molar-refractivity contribution is 14.1. The summed E-state index contributed by atoms with van der Waals surface area (Å²) in [6, 6.07) is 15.9. The Hall–Kier alpha value is -0.920. The Labute approximate surface area is 158 Å². The van der Waals surface area contributed by atoms with Gasteiger partial charge in [0.25, 0.3) is 5.91 Å². The maximum absolute atomic E-state index is 12.9. The van der Waals surface area contributed by atoms with Crippen LogP contribution in [0.3, 0.4) is 0 Å². The second-order valence-electron chi connectivity index (χ2n) is 5.68. The summed E-state index contributed by atoms with van der Waals surface area (Å²) in [5.74, 6) is 0.0618. The molecular weight excluding hydrogens is 469 g/mol. The Morgan fingerprint density at radius 2 is 1.96 bits per heavy atom. The van der Waals surface area contributed by atoms with E-state index in [2.05, 4.69) is 38.5 Å². The first-order valence-electron chi connectivity index (χ1n) is 7.49. The zero-order valence-corrected chi connectivity index (χ0v) is 16.5. The fraction of sp³-hybridized carbons (Fsp3) is 0.278. The molecule has 0 N–H and O–H groups in total. The number of morpholine rings is 1. The molecule has 5 heteroatoms. The first kappa shape index (κ1) is 16.9. The molecule has 2 aromatic rings. The lowest BCUT2D eigenvalue weighted by Crippen LogP contribution is -2.46. The summed E-state index contributed by atoms with van der Waals surface area (Å²) in [4.78, 5) is 14.8. The Kier molecular flexibility index (Phi) is 5.38. The first-order chi connectivity index (χ1) is 11.0. The van der Waals surface area contributed by atoms with Gasteiger partial charge in [0.1, 0.15) is 6.10 Å². The van der Waals surface area contributed by atoms with Crippen molar-refractivity contribution in [3.8, 4) is 0 Å². The zero-order valence-electron chi connectivity index (χ0n) is 12.7. The second kappa shape index (κ2) is 7.32. The topological polar surface area (TPSA) is 29.5 Å². The summed E-state index contributed by atoms with van der Waals surface area (Å²) < 4.78 is 7.92. The van der Waals surface area contributed by atoms with E-state index in [9.17, 15) is 4.79 Å². The molecule has 1 saturated heterocycles. The number of benzene rings is 2. The van der Waals surface area contributed by atoms with E-state index in [1.165, 1.54) is 0 Å². The highest BCUT2D eigenvalue weighted by Crippen LogP contribution is 2.27. The van der Waals surface area contributed by atoms with Gasteiger partial charge in [-0.05, 0) is 53.3 Å². The van der Waals surface area contributed by atoms with Gasteiger partial charge in [-0.25, -0.2) is 0 Å². The summed E-state index contributed by atoms with van der Waals surface area (Å²) in [7, 11) is 0. The number of ether oxygens (including phenoxy) is 1. The molecule has 3 rings (SSSR count). The first-order valence-corrected chi connectivity index (χ1v) is 9.36. The number of carbonyl (C=O) groups excluding carboxylic acids is 1. The third-order valence-electron chi connectivity index (χ3n) is 3.88. The zero-order chi connectivity index (χ0) is 16.4. The molecule has 0 bridgehead atoms. The highest BCUT2D eigenvalue weighted by Gasteiger charge is 2.30. The number of hydrogen-bond acceptors (Lipinski definition) is 2. The van der Waals surface area contributed by atoms with Crippen LogP contribution in [0.1, 0.15) is 28.9 Å². The molecular formula is C18H17BrINO2. The number of halogens is 2. The minimum atomic E-state index is -0.0753. The van der Waals surface area contributed by atoms with Crippen molar-refractivity contribution in [3.05, 3.63) is 67.7 Å². The summed E-state index contributed by atoms with van der Waals surface area (Å²) in [6.45, 7) is 3.21. The molecule has 2 atom stereocenters. The predicted molar refractivity (Wildman–Crippen MR) is 102 cm³/mol. The summed E-state index contributed by atoms with van der Waals surface area (Å²) >= 11 is 5.66. The molecule has 23 heavy (non-hydrogen) atoms. The van der Waals surface area contributed by atoms with Gasteiger partial charge in [-0.15, -0.1) is 0 Å². The lowest BCUT2D eigenvalue weighted by Gasteiger charge is -2.37. The van der Waals surface area contributed by atoms with Crippen molar-refractivity contribution in [2.75, 3.05) is 13.1 Å². The largest absolute Gasteiger partial charge is 0.367 e. The standard InChI is InChI=1S/C18H17BrINO2/c1-12-10-21(11-17(23-12)13-5-3-2-4-6-13)18(22)15-9-14(19)7-8-16(15)20/h2-9,12,17H,10-11H2,1H3. The molecule has 2 aromatic carbocycles. The number of nitrogens with zero attached hydrogens (tertiary/aromatic N) is 1. The van der Waals surface area contributed by atoms with E-state index < -0.39 is 0 Å². The predicted octanol–water partition coefficient (Wildman–Crippen LogP) is 4.66. The lowest BCUT2D eigenvalue weighted by atomic mass is 10.1. The average molecular weight is 486 g/mol. The van der Waals surface area contributed by atoms with Crippen molar-refractivity contribution in [1.29, 1.82) is 0 Å². The molecule has 0 saturated carbocycles. The molecule has 1 fully saturated rings. The molecule has 0 spiro atoms. The van der Waals surface area contributed by atoms with Crippen molar-refractivity contribution >= 4 is 44.4 Å². The Balaban J connectivity index is 1.84.